The Balaban J connectivity index is 0.000000223. The van der Waals surface area contributed by atoms with Gasteiger partial charge >= 0.3 is 0 Å². The van der Waals surface area contributed by atoms with E-state index in [1.54, 1.807) is 12.4 Å². The molecule has 1 heterocycles. The molecule has 0 amide bonds. The van der Waals surface area contributed by atoms with E-state index in [4.69, 9.17) is 10.2 Å². The van der Waals surface area contributed by atoms with Crippen LogP contribution in [0.25, 0.3) is 0 Å². The van der Waals surface area contributed by atoms with Crippen LogP contribution in [-0.2, 0) is 0 Å². The Bertz CT molecular complexity index is 140. The molecule has 0 aliphatic carbocycles. The lowest BCUT2D eigenvalue weighted by Gasteiger charge is -1.94. The molecule has 0 saturated heterocycles. The van der Waals surface area contributed by atoms with Crippen LogP contribution in [0.2, 0.25) is 0 Å². The molecule has 13 heavy (non-hydrogen) atoms. The fraction of sp³-hybridized carbons (Fsp3) is 0.444. The topological polar surface area (TPSA) is 65.4 Å². The van der Waals surface area contributed by atoms with Crippen LogP contribution in [0.4, 0.5) is 0 Å². The van der Waals surface area contributed by atoms with E-state index in [1.165, 1.54) is 0 Å². The largest absolute Gasteiger partial charge is 0.395 e. The van der Waals surface area contributed by atoms with Crippen LogP contribution in [-0.4, -0.2) is 41.5 Å². The van der Waals surface area contributed by atoms with Gasteiger partial charge in [0, 0.05) is 25.5 Å². The van der Waals surface area contributed by atoms with Crippen LogP contribution in [0.15, 0.2) is 30.6 Å². The van der Waals surface area contributed by atoms with Crippen molar-refractivity contribution < 1.29 is 10.2 Å². The van der Waals surface area contributed by atoms with Gasteiger partial charge in [0.1, 0.15) is 0 Å². The number of aliphatic hydroxyl groups is 2. The monoisotopic (exact) mass is 184 g/mol. The van der Waals surface area contributed by atoms with Crippen molar-refractivity contribution in [1.29, 1.82) is 0 Å². The highest BCUT2D eigenvalue weighted by Crippen LogP contribution is 1.73. The highest BCUT2D eigenvalue weighted by Gasteiger charge is 1.78. The predicted molar refractivity (Wildman–Crippen MR) is 51.3 cm³/mol. The minimum absolute atomic E-state index is 0.139. The molecule has 4 nitrogen and oxygen atoms in total. The number of hydrogen-bond acceptors (Lipinski definition) is 4. The first-order valence-electron chi connectivity index (χ1n) is 4.19. The first-order valence-corrected chi connectivity index (χ1v) is 4.19. The van der Waals surface area contributed by atoms with Gasteiger partial charge in [-0.1, -0.05) is 6.07 Å². The fourth-order valence-corrected chi connectivity index (χ4v) is 0.596. The van der Waals surface area contributed by atoms with E-state index in [2.05, 4.69) is 10.3 Å². The van der Waals surface area contributed by atoms with Crippen LogP contribution < -0.4 is 5.32 Å². The van der Waals surface area contributed by atoms with Crippen molar-refractivity contribution >= 4 is 0 Å². The van der Waals surface area contributed by atoms with Crippen molar-refractivity contribution in [2.75, 3.05) is 26.3 Å². The lowest BCUT2D eigenvalue weighted by Crippen LogP contribution is -2.21. The Labute approximate surface area is 78.3 Å². The van der Waals surface area contributed by atoms with Gasteiger partial charge in [0.05, 0.1) is 13.2 Å². The molecule has 0 spiro atoms. The molecule has 0 bridgehead atoms. The maximum atomic E-state index is 8.15. The van der Waals surface area contributed by atoms with E-state index >= 15 is 0 Å². The highest BCUT2D eigenvalue weighted by atomic mass is 16.3. The van der Waals surface area contributed by atoms with E-state index in [1.807, 2.05) is 18.2 Å². The van der Waals surface area contributed by atoms with E-state index < -0.39 is 0 Å². The zero-order valence-electron chi connectivity index (χ0n) is 7.56. The molecule has 1 aromatic rings. The first kappa shape index (κ1) is 12.0. The highest BCUT2D eigenvalue weighted by molar-refractivity contribution is 4.88. The summed E-state index contributed by atoms with van der Waals surface area (Å²) in [6, 6.07) is 5.72. The zero-order chi connectivity index (χ0) is 9.78. The summed E-state index contributed by atoms with van der Waals surface area (Å²) in [7, 11) is 0. The molecule has 0 aliphatic rings. The first-order chi connectivity index (χ1) is 6.41. The number of hydrogen-bond donors (Lipinski definition) is 3. The number of nitrogens with zero attached hydrogens (tertiary/aromatic N) is 1. The van der Waals surface area contributed by atoms with Gasteiger partial charge in [0.2, 0.25) is 0 Å². The normalized spacial score (nSPS) is 8.77. The van der Waals surface area contributed by atoms with Crippen LogP contribution in [0.5, 0.6) is 0 Å². The molecule has 74 valence electrons. The summed E-state index contributed by atoms with van der Waals surface area (Å²) in [6.45, 7) is 1.42. The average molecular weight is 184 g/mol. The molecule has 3 N–H and O–H groups in total. The summed E-state index contributed by atoms with van der Waals surface area (Å²) in [5.41, 5.74) is 0. The van der Waals surface area contributed by atoms with Crippen molar-refractivity contribution in [3.05, 3.63) is 30.6 Å². The van der Waals surface area contributed by atoms with Crippen molar-refractivity contribution in [2.24, 2.45) is 0 Å². The van der Waals surface area contributed by atoms with Gasteiger partial charge in [-0.15, -0.1) is 0 Å². The average Bonchev–Trinajstić information content (AvgIpc) is 2.22. The van der Waals surface area contributed by atoms with Gasteiger partial charge in [-0.2, -0.15) is 0 Å². The number of aromatic nitrogens is 1. The second kappa shape index (κ2) is 11.0. The molecule has 0 unspecified atom stereocenters. The minimum Gasteiger partial charge on any atom is -0.395 e. The molecular weight excluding hydrogens is 168 g/mol. The number of aliphatic hydroxyl groups excluding tert-OH is 2. The quantitative estimate of drug-likeness (QED) is 0.559. The summed E-state index contributed by atoms with van der Waals surface area (Å²) < 4.78 is 0. The van der Waals surface area contributed by atoms with Gasteiger partial charge < -0.3 is 15.5 Å². The maximum Gasteiger partial charge on any atom is 0.0555 e. The summed E-state index contributed by atoms with van der Waals surface area (Å²) in [6.07, 6.45) is 3.50. The molecule has 0 aliphatic heterocycles. The van der Waals surface area contributed by atoms with Crippen LogP contribution >= 0.6 is 0 Å². The van der Waals surface area contributed by atoms with Crippen LogP contribution in [0, 0.1) is 0 Å². The summed E-state index contributed by atoms with van der Waals surface area (Å²) in [5.74, 6) is 0. The molecule has 0 aromatic carbocycles. The van der Waals surface area contributed by atoms with Crippen molar-refractivity contribution in [3.63, 3.8) is 0 Å². The molecular formula is C9H16N2O2. The number of nitrogens with one attached hydrogen (secondary N) is 1. The molecule has 0 atom stereocenters. The number of rotatable bonds is 4. The van der Waals surface area contributed by atoms with Gasteiger partial charge in [0.15, 0.2) is 0 Å². The lowest BCUT2D eigenvalue weighted by atomic mass is 10.5. The lowest BCUT2D eigenvalue weighted by molar-refractivity contribution is 0.267. The third-order valence-electron chi connectivity index (χ3n) is 1.14. The molecule has 1 aromatic heterocycles. The summed E-state index contributed by atoms with van der Waals surface area (Å²) >= 11 is 0. The fourth-order valence-electron chi connectivity index (χ4n) is 0.596. The van der Waals surface area contributed by atoms with Gasteiger partial charge in [0.25, 0.3) is 0 Å². The van der Waals surface area contributed by atoms with Gasteiger partial charge in [-0.25, -0.2) is 0 Å². The third kappa shape index (κ3) is 11.0. The van der Waals surface area contributed by atoms with Crippen LogP contribution in [0.3, 0.4) is 0 Å². The van der Waals surface area contributed by atoms with E-state index in [0.717, 1.165) is 0 Å². The second-order valence-corrected chi connectivity index (χ2v) is 2.22. The maximum absolute atomic E-state index is 8.15. The Morgan fingerprint density at radius 3 is 1.69 bits per heavy atom. The van der Waals surface area contributed by atoms with Gasteiger partial charge in [-0.05, 0) is 12.1 Å². The zero-order valence-corrected chi connectivity index (χ0v) is 7.56. The van der Waals surface area contributed by atoms with Crippen molar-refractivity contribution in [2.45, 2.75) is 0 Å². The van der Waals surface area contributed by atoms with E-state index in [0.29, 0.717) is 13.1 Å². The van der Waals surface area contributed by atoms with E-state index in [9.17, 15) is 0 Å². The standard InChI is InChI=1S/C5H5N.C4H11NO2/c1-2-4-6-5-3-1;6-3-1-5-2-4-7/h1-5H;5-7H,1-4H2. The molecule has 0 saturated carbocycles. The Morgan fingerprint density at radius 1 is 0.923 bits per heavy atom. The minimum atomic E-state index is 0.139. The Hall–Kier alpha value is -0.970. The molecule has 1 rings (SSSR count). The SMILES string of the molecule is OCCNCCO.c1ccncc1. The van der Waals surface area contributed by atoms with Crippen LogP contribution in [0.1, 0.15) is 0 Å². The van der Waals surface area contributed by atoms with E-state index in [-0.39, 0.29) is 13.2 Å². The second-order valence-electron chi connectivity index (χ2n) is 2.22. The molecule has 0 fully saturated rings. The summed E-state index contributed by atoms with van der Waals surface area (Å²) in [5, 5.41) is 19.1. The Kier molecular flexibility index (Phi) is 10.2. The van der Waals surface area contributed by atoms with Crippen molar-refractivity contribution in [3.8, 4) is 0 Å². The smallest absolute Gasteiger partial charge is 0.0555 e. The summed E-state index contributed by atoms with van der Waals surface area (Å²) in [4.78, 5) is 3.78. The Morgan fingerprint density at radius 2 is 1.46 bits per heavy atom. The molecule has 0 radical (unpaired) electrons. The number of pyridine rings is 1. The van der Waals surface area contributed by atoms with Crippen molar-refractivity contribution in [1.82, 2.24) is 10.3 Å². The predicted octanol–water partition coefficient (Wildman–Crippen LogP) is -0.358. The third-order valence-corrected chi connectivity index (χ3v) is 1.14. The molecule has 4 heteroatoms. The van der Waals surface area contributed by atoms with Gasteiger partial charge in [-0.3, -0.25) is 4.98 Å².